The number of hydrogen-bond donors (Lipinski definition) is 1. The van der Waals surface area contributed by atoms with E-state index in [1.807, 2.05) is 6.07 Å². The molecule has 0 radical (unpaired) electrons. The number of amides is 1. The van der Waals surface area contributed by atoms with Gasteiger partial charge in [-0.05, 0) is 30.3 Å². The van der Waals surface area contributed by atoms with Crippen molar-refractivity contribution in [2.24, 2.45) is 0 Å². The normalized spacial score (nSPS) is 14.0. The molecule has 0 unspecified atom stereocenters. The molecular weight excluding hydrogens is 428 g/mol. The van der Waals surface area contributed by atoms with Gasteiger partial charge in [0.2, 0.25) is 5.91 Å². The van der Waals surface area contributed by atoms with Gasteiger partial charge in [0.25, 0.3) is 0 Å². The predicted octanol–water partition coefficient (Wildman–Crippen LogP) is 4.68. The molecule has 0 bridgehead atoms. The fraction of sp³-hybridized carbons (Fsp3) is 0.273. The molecule has 9 heteroatoms. The zero-order chi connectivity index (χ0) is 21.8. The van der Waals surface area contributed by atoms with E-state index in [1.54, 1.807) is 12.1 Å². The zero-order valence-electron chi connectivity index (χ0n) is 16.5. The molecule has 1 saturated heterocycles. The number of morpholine rings is 1. The van der Waals surface area contributed by atoms with Crippen molar-refractivity contribution < 1.29 is 22.7 Å². The lowest BCUT2D eigenvalue weighted by Gasteiger charge is -2.30. The number of rotatable bonds is 6. The maximum absolute atomic E-state index is 13.9. The summed E-state index contributed by atoms with van der Waals surface area (Å²) in [6, 6.07) is 8.58. The van der Waals surface area contributed by atoms with E-state index in [4.69, 9.17) is 20.8 Å². The molecule has 1 fully saturated rings. The zero-order valence-corrected chi connectivity index (χ0v) is 17.3. The van der Waals surface area contributed by atoms with Crippen molar-refractivity contribution in [1.82, 2.24) is 4.98 Å². The second-order valence-electron chi connectivity index (χ2n) is 7.05. The van der Waals surface area contributed by atoms with Crippen molar-refractivity contribution in [3.63, 3.8) is 0 Å². The van der Waals surface area contributed by atoms with E-state index in [1.165, 1.54) is 12.3 Å². The number of carbonyl (C=O) groups is 1. The van der Waals surface area contributed by atoms with E-state index >= 15 is 0 Å². The van der Waals surface area contributed by atoms with Crippen molar-refractivity contribution >= 4 is 28.9 Å². The molecule has 1 aliphatic heterocycles. The summed E-state index contributed by atoms with van der Waals surface area (Å²) in [5, 5.41) is 3.42. The fourth-order valence-corrected chi connectivity index (χ4v) is 3.53. The lowest BCUT2D eigenvalue weighted by Crippen LogP contribution is -2.36. The predicted molar refractivity (Wildman–Crippen MR) is 113 cm³/mol. The van der Waals surface area contributed by atoms with E-state index < -0.39 is 11.6 Å². The van der Waals surface area contributed by atoms with Gasteiger partial charge in [-0.25, -0.2) is 13.8 Å². The highest BCUT2D eigenvalue weighted by molar-refractivity contribution is 6.31. The molecule has 6 nitrogen and oxygen atoms in total. The Balaban J connectivity index is 1.40. The number of aryl methyl sites for hydroxylation is 1. The second kappa shape index (κ2) is 9.45. The van der Waals surface area contributed by atoms with Crippen molar-refractivity contribution in [2.75, 3.05) is 36.5 Å². The molecule has 2 heterocycles. The second-order valence-corrected chi connectivity index (χ2v) is 7.49. The molecule has 1 aliphatic rings. The summed E-state index contributed by atoms with van der Waals surface area (Å²) in [4.78, 5) is 18.8. The monoisotopic (exact) mass is 447 g/mol. The van der Waals surface area contributed by atoms with Crippen LogP contribution >= 0.6 is 11.6 Å². The SMILES string of the molecule is O=C(CCc1ncc(-c2ccc(F)cc2F)o1)Nc1cc(Cl)ccc1N1CCOCC1. The van der Waals surface area contributed by atoms with E-state index in [2.05, 4.69) is 15.2 Å². The molecule has 0 aliphatic carbocycles. The van der Waals surface area contributed by atoms with Crippen molar-refractivity contribution in [3.05, 3.63) is 65.1 Å². The van der Waals surface area contributed by atoms with Crippen LogP contribution in [0.25, 0.3) is 11.3 Å². The standard InChI is InChI=1S/C22H20ClF2N3O3/c23-14-1-4-19(28-7-9-30-10-8-28)18(11-14)27-21(29)5-6-22-26-13-20(31-22)16-3-2-15(24)12-17(16)25/h1-4,11-13H,5-10H2,(H,27,29). The van der Waals surface area contributed by atoms with Crippen LogP contribution in [0.2, 0.25) is 5.02 Å². The van der Waals surface area contributed by atoms with Crippen molar-refractivity contribution in [3.8, 4) is 11.3 Å². The van der Waals surface area contributed by atoms with Crippen molar-refractivity contribution in [2.45, 2.75) is 12.8 Å². The summed E-state index contributed by atoms with van der Waals surface area (Å²) in [7, 11) is 0. The van der Waals surface area contributed by atoms with Gasteiger partial charge < -0.3 is 19.4 Å². The Morgan fingerprint density at radius 2 is 1.97 bits per heavy atom. The Labute approximate surface area is 182 Å². The Hall–Kier alpha value is -2.97. The molecule has 1 aromatic heterocycles. The van der Waals surface area contributed by atoms with Gasteiger partial charge in [0, 0.05) is 37.0 Å². The third kappa shape index (κ3) is 5.21. The number of carbonyl (C=O) groups excluding carboxylic acids is 1. The summed E-state index contributed by atoms with van der Waals surface area (Å²) >= 11 is 6.12. The minimum atomic E-state index is -0.739. The first-order chi connectivity index (χ1) is 15.0. The number of hydrogen-bond acceptors (Lipinski definition) is 5. The van der Waals surface area contributed by atoms with E-state index in [0.717, 1.165) is 30.9 Å². The number of benzene rings is 2. The lowest BCUT2D eigenvalue weighted by molar-refractivity contribution is -0.116. The molecule has 4 rings (SSSR count). The Kier molecular flexibility index (Phi) is 6.48. The summed E-state index contributed by atoms with van der Waals surface area (Å²) in [6.07, 6.45) is 1.69. The van der Waals surface area contributed by atoms with Crippen LogP contribution in [-0.4, -0.2) is 37.2 Å². The van der Waals surface area contributed by atoms with Crippen LogP contribution in [-0.2, 0) is 16.0 Å². The molecule has 0 saturated carbocycles. The largest absolute Gasteiger partial charge is 0.441 e. The van der Waals surface area contributed by atoms with E-state index in [-0.39, 0.29) is 36.0 Å². The minimum Gasteiger partial charge on any atom is -0.441 e. The number of aromatic nitrogens is 1. The van der Waals surface area contributed by atoms with Crippen LogP contribution in [0.3, 0.4) is 0 Å². The van der Waals surface area contributed by atoms with Crippen LogP contribution in [0.15, 0.2) is 47.0 Å². The first kappa shape index (κ1) is 21.3. The summed E-state index contributed by atoms with van der Waals surface area (Å²) in [5.74, 6) is -1.18. The average Bonchev–Trinajstić information content (AvgIpc) is 3.22. The molecule has 2 aromatic carbocycles. The molecular formula is C22H20ClF2N3O3. The van der Waals surface area contributed by atoms with Crippen LogP contribution < -0.4 is 10.2 Å². The van der Waals surface area contributed by atoms with E-state index in [0.29, 0.717) is 23.9 Å². The Morgan fingerprint density at radius 1 is 1.16 bits per heavy atom. The number of anilines is 2. The average molecular weight is 448 g/mol. The summed E-state index contributed by atoms with van der Waals surface area (Å²) in [6.45, 7) is 2.70. The number of halogens is 3. The Bertz CT molecular complexity index is 1080. The first-order valence-corrected chi connectivity index (χ1v) is 10.2. The highest BCUT2D eigenvalue weighted by atomic mass is 35.5. The number of ether oxygens (including phenoxy) is 1. The molecule has 0 atom stereocenters. The minimum absolute atomic E-state index is 0.110. The third-order valence-electron chi connectivity index (χ3n) is 4.90. The van der Waals surface area contributed by atoms with Gasteiger partial charge in [-0.15, -0.1) is 0 Å². The lowest BCUT2D eigenvalue weighted by atomic mass is 10.2. The van der Waals surface area contributed by atoms with Gasteiger partial charge in [-0.1, -0.05) is 11.6 Å². The smallest absolute Gasteiger partial charge is 0.224 e. The molecule has 31 heavy (non-hydrogen) atoms. The van der Waals surface area contributed by atoms with Crippen LogP contribution in [0, 0.1) is 11.6 Å². The topological polar surface area (TPSA) is 67.6 Å². The molecule has 0 spiro atoms. The summed E-state index contributed by atoms with van der Waals surface area (Å²) in [5.41, 5.74) is 1.62. The van der Waals surface area contributed by atoms with E-state index in [9.17, 15) is 13.6 Å². The maximum atomic E-state index is 13.9. The number of nitrogens with zero attached hydrogens (tertiary/aromatic N) is 2. The van der Waals surface area contributed by atoms with Gasteiger partial charge >= 0.3 is 0 Å². The highest BCUT2D eigenvalue weighted by Crippen LogP contribution is 2.30. The highest BCUT2D eigenvalue weighted by Gasteiger charge is 2.17. The molecule has 1 N–H and O–H groups in total. The van der Waals surface area contributed by atoms with Gasteiger partial charge in [0.05, 0.1) is 36.3 Å². The third-order valence-corrected chi connectivity index (χ3v) is 5.14. The van der Waals surface area contributed by atoms with Gasteiger partial charge in [-0.3, -0.25) is 4.79 Å². The molecule has 162 valence electrons. The first-order valence-electron chi connectivity index (χ1n) is 9.82. The number of oxazole rings is 1. The van der Waals surface area contributed by atoms with Gasteiger partial charge in [0.1, 0.15) is 11.6 Å². The quantitative estimate of drug-likeness (QED) is 0.594. The number of nitrogens with one attached hydrogen (secondary N) is 1. The van der Waals surface area contributed by atoms with Gasteiger partial charge in [0.15, 0.2) is 11.7 Å². The molecule has 3 aromatic rings. The van der Waals surface area contributed by atoms with Gasteiger partial charge in [-0.2, -0.15) is 0 Å². The summed E-state index contributed by atoms with van der Waals surface area (Å²) < 4.78 is 37.9. The maximum Gasteiger partial charge on any atom is 0.224 e. The van der Waals surface area contributed by atoms with Crippen LogP contribution in [0.1, 0.15) is 12.3 Å². The fourth-order valence-electron chi connectivity index (χ4n) is 3.36. The molecule has 1 amide bonds. The van der Waals surface area contributed by atoms with Crippen molar-refractivity contribution in [1.29, 1.82) is 0 Å². The van der Waals surface area contributed by atoms with Crippen LogP contribution in [0.4, 0.5) is 20.2 Å². The Morgan fingerprint density at radius 3 is 2.74 bits per heavy atom. The van der Waals surface area contributed by atoms with Crippen LogP contribution in [0.5, 0.6) is 0 Å².